The van der Waals surface area contributed by atoms with E-state index in [1.165, 1.54) is 24.3 Å². The molecule has 1 heterocycles. The minimum absolute atomic E-state index is 0.174. The Morgan fingerprint density at radius 3 is 2.09 bits per heavy atom. The lowest BCUT2D eigenvalue weighted by Crippen LogP contribution is -2.32. The Balaban J connectivity index is 1.76. The summed E-state index contributed by atoms with van der Waals surface area (Å²) in [5, 5.41) is 3.13. The first-order valence-electron chi connectivity index (χ1n) is 10.5. The highest BCUT2D eigenvalue weighted by Gasteiger charge is 2.40. The zero-order chi connectivity index (χ0) is 22.7. The van der Waals surface area contributed by atoms with Crippen LogP contribution in [0, 0.1) is 5.82 Å². The monoisotopic (exact) mass is 430 g/mol. The number of halogens is 1. The minimum Gasteiger partial charge on any atom is -0.494 e. The van der Waals surface area contributed by atoms with E-state index in [2.05, 4.69) is 12.2 Å². The van der Waals surface area contributed by atoms with Gasteiger partial charge in [-0.15, -0.1) is 0 Å². The van der Waals surface area contributed by atoms with E-state index >= 15 is 0 Å². The van der Waals surface area contributed by atoms with Gasteiger partial charge in [0.15, 0.2) is 0 Å². The largest absolute Gasteiger partial charge is 0.494 e. The molecule has 3 aromatic carbocycles. The Bertz CT molecular complexity index is 1170. The second-order valence-electron chi connectivity index (χ2n) is 7.30. The maximum absolute atomic E-state index is 13.4. The lowest BCUT2D eigenvalue weighted by molar-refractivity contribution is -0.120. The fraction of sp³-hybridized carbons (Fsp3) is 0.154. The number of carbonyl (C=O) groups is 2. The highest BCUT2D eigenvalue weighted by Crippen LogP contribution is 2.34. The molecule has 162 valence electrons. The van der Waals surface area contributed by atoms with Gasteiger partial charge in [0.2, 0.25) is 0 Å². The first kappa shape index (κ1) is 21.3. The Hall–Kier alpha value is -3.93. The minimum atomic E-state index is -0.495. The molecule has 3 aromatic rings. The molecule has 0 atom stereocenters. The number of amides is 2. The van der Waals surface area contributed by atoms with Crippen molar-refractivity contribution in [3.8, 4) is 5.75 Å². The Kier molecular flexibility index (Phi) is 6.03. The average Bonchev–Trinajstić information content (AvgIpc) is 3.05. The highest BCUT2D eigenvalue weighted by atomic mass is 19.1. The molecule has 0 saturated carbocycles. The number of benzene rings is 3. The third kappa shape index (κ3) is 4.12. The maximum Gasteiger partial charge on any atom is 0.282 e. The number of ether oxygens (including phenoxy) is 1. The molecule has 32 heavy (non-hydrogen) atoms. The van der Waals surface area contributed by atoms with Gasteiger partial charge < -0.3 is 10.1 Å². The van der Waals surface area contributed by atoms with Gasteiger partial charge in [0.25, 0.3) is 11.8 Å². The van der Waals surface area contributed by atoms with Crippen LogP contribution in [0.25, 0.3) is 5.57 Å². The molecule has 5 nitrogen and oxygen atoms in total. The summed E-state index contributed by atoms with van der Waals surface area (Å²) in [4.78, 5) is 27.8. The van der Waals surface area contributed by atoms with Gasteiger partial charge in [0, 0.05) is 5.69 Å². The molecule has 1 aliphatic heterocycles. The molecule has 0 aromatic heterocycles. The highest BCUT2D eigenvalue weighted by molar-refractivity contribution is 6.46. The lowest BCUT2D eigenvalue weighted by atomic mass is 10.0. The molecule has 2 amide bonds. The Labute approximate surface area is 186 Å². The zero-order valence-electron chi connectivity index (χ0n) is 17.9. The topological polar surface area (TPSA) is 58.6 Å². The second kappa shape index (κ2) is 9.06. The van der Waals surface area contributed by atoms with Crippen molar-refractivity contribution in [2.24, 2.45) is 0 Å². The van der Waals surface area contributed by atoms with Gasteiger partial charge in [0.05, 0.1) is 17.9 Å². The number of aryl methyl sites for hydroxylation is 1. The lowest BCUT2D eigenvalue weighted by Gasteiger charge is -2.15. The second-order valence-corrected chi connectivity index (χ2v) is 7.30. The van der Waals surface area contributed by atoms with Crippen LogP contribution >= 0.6 is 0 Å². The van der Waals surface area contributed by atoms with Crippen LogP contribution in [-0.2, 0) is 16.0 Å². The molecule has 0 saturated heterocycles. The van der Waals surface area contributed by atoms with Crippen LogP contribution < -0.4 is 15.0 Å². The van der Waals surface area contributed by atoms with Gasteiger partial charge in [-0.25, -0.2) is 9.29 Å². The van der Waals surface area contributed by atoms with Crippen molar-refractivity contribution in [3.05, 3.63) is 95.4 Å². The van der Waals surface area contributed by atoms with E-state index in [0.29, 0.717) is 29.3 Å². The summed E-state index contributed by atoms with van der Waals surface area (Å²) in [6, 6.07) is 20.0. The van der Waals surface area contributed by atoms with Gasteiger partial charge >= 0.3 is 0 Å². The van der Waals surface area contributed by atoms with Crippen molar-refractivity contribution < 1.29 is 18.7 Å². The molecule has 0 unspecified atom stereocenters. The van der Waals surface area contributed by atoms with E-state index in [1.54, 1.807) is 24.3 Å². The first-order chi connectivity index (χ1) is 15.5. The van der Waals surface area contributed by atoms with E-state index < -0.39 is 17.6 Å². The summed E-state index contributed by atoms with van der Waals surface area (Å²) in [5.41, 5.74) is 3.18. The van der Waals surface area contributed by atoms with Crippen molar-refractivity contribution in [1.82, 2.24) is 0 Å². The molecule has 0 fully saturated rings. The van der Waals surface area contributed by atoms with Crippen LogP contribution in [0.2, 0.25) is 0 Å². The summed E-state index contributed by atoms with van der Waals surface area (Å²) >= 11 is 0. The number of nitrogens with one attached hydrogen (secondary N) is 1. The van der Waals surface area contributed by atoms with Gasteiger partial charge in [-0.05, 0) is 73.0 Å². The number of anilines is 2. The van der Waals surface area contributed by atoms with E-state index in [-0.39, 0.29) is 11.3 Å². The average molecular weight is 430 g/mol. The summed E-state index contributed by atoms with van der Waals surface area (Å²) in [6.07, 6.45) is 0.899. The molecule has 0 spiro atoms. The molecule has 6 heteroatoms. The van der Waals surface area contributed by atoms with Crippen LogP contribution in [0.5, 0.6) is 5.75 Å². The predicted octanol–water partition coefficient (Wildman–Crippen LogP) is 5.18. The van der Waals surface area contributed by atoms with Crippen LogP contribution in [0.15, 0.2) is 78.5 Å². The third-order valence-corrected chi connectivity index (χ3v) is 5.25. The third-order valence-electron chi connectivity index (χ3n) is 5.25. The summed E-state index contributed by atoms with van der Waals surface area (Å²) in [5.74, 6) is -0.737. The summed E-state index contributed by atoms with van der Waals surface area (Å²) in [7, 11) is 0. The van der Waals surface area contributed by atoms with E-state index in [0.717, 1.165) is 16.9 Å². The van der Waals surface area contributed by atoms with Crippen LogP contribution in [-0.4, -0.2) is 18.4 Å². The molecular formula is C26H23FN2O3. The van der Waals surface area contributed by atoms with Gasteiger partial charge in [-0.3, -0.25) is 9.59 Å². The van der Waals surface area contributed by atoms with E-state index in [4.69, 9.17) is 4.74 Å². The number of carbonyl (C=O) groups excluding carboxylic acids is 2. The number of hydrogen-bond donors (Lipinski definition) is 1. The molecule has 0 radical (unpaired) electrons. The summed E-state index contributed by atoms with van der Waals surface area (Å²) in [6.45, 7) is 4.48. The molecule has 1 N–H and O–H groups in total. The maximum atomic E-state index is 13.4. The van der Waals surface area contributed by atoms with E-state index in [1.807, 2.05) is 31.2 Å². The van der Waals surface area contributed by atoms with Crippen molar-refractivity contribution in [2.75, 3.05) is 16.8 Å². The Morgan fingerprint density at radius 2 is 1.50 bits per heavy atom. The number of nitrogens with zero attached hydrogens (tertiary/aromatic N) is 1. The van der Waals surface area contributed by atoms with E-state index in [9.17, 15) is 14.0 Å². The number of imide groups is 1. The molecule has 4 rings (SSSR count). The van der Waals surface area contributed by atoms with Gasteiger partial charge in [-0.2, -0.15) is 0 Å². The number of rotatable bonds is 7. The number of hydrogen-bond acceptors (Lipinski definition) is 4. The summed E-state index contributed by atoms with van der Waals surface area (Å²) < 4.78 is 18.9. The Morgan fingerprint density at radius 1 is 0.844 bits per heavy atom. The standard InChI is InChI=1S/C26H23FN2O3/c1-3-17-5-11-20(12-6-17)28-24-23(18-7-15-22(16-8-18)32-4-2)25(30)29(26(24)31)21-13-9-19(27)10-14-21/h5-16,28H,3-4H2,1-2H3. The molecular weight excluding hydrogens is 407 g/mol. The molecule has 0 aliphatic carbocycles. The van der Waals surface area contributed by atoms with Crippen molar-refractivity contribution >= 4 is 28.8 Å². The molecule has 0 bridgehead atoms. The normalized spacial score (nSPS) is 13.7. The van der Waals surface area contributed by atoms with Crippen molar-refractivity contribution in [1.29, 1.82) is 0 Å². The zero-order valence-corrected chi connectivity index (χ0v) is 17.9. The van der Waals surface area contributed by atoms with Gasteiger partial charge in [0.1, 0.15) is 17.3 Å². The molecule has 1 aliphatic rings. The predicted molar refractivity (Wildman–Crippen MR) is 123 cm³/mol. The smallest absolute Gasteiger partial charge is 0.282 e. The fourth-order valence-electron chi connectivity index (χ4n) is 3.59. The SMILES string of the molecule is CCOc1ccc(C2=C(Nc3ccc(CC)cc3)C(=O)N(c3ccc(F)cc3)C2=O)cc1. The van der Waals surface area contributed by atoms with Crippen LogP contribution in [0.3, 0.4) is 0 Å². The first-order valence-corrected chi connectivity index (χ1v) is 10.5. The van der Waals surface area contributed by atoms with Crippen molar-refractivity contribution in [2.45, 2.75) is 20.3 Å². The van der Waals surface area contributed by atoms with Gasteiger partial charge in [-0.1, -0.05) is 31.2 Å². The quantitative estimate of drug-likeness (QED) is 0.525. The van der Waals surface area contributed by atoms with Crippen molar-refractivity contribution in [3.63, 3.8) is 0 Å². The van der Waals surface area contributed by atoms with Crippen LogP contribution in [0.4, 0.5) is 15.8 Å². The van der Waals surface area contributed by atoms with Crippen LogP contribution in [0.1, 0.15) is 25.0 Å². The fourth-order valence-corrected chi connectivity index (χ4v) is 3.59.